The Morgan fingerprint density at radius 3 is 2.58 bits per heavy atom. The van der Waals surface area contributed by atoms with E-state index in [2.05, 4.69) is 36.2 Å². The number of carbonyl (C=O) groups excluding carboxylic acids is 2. The lowest BCUT2D eigenvalue weighted by atomic mass is 10.0. The van der Waals surface area contributed by atoms with Gasteiger partial charge in [-0.3, -0.25) is 14.5 Å². The molecule has 7 nitrogen and oxygen atoms in total. The highest BCUT2D eigenvalue weighted by Crippen LogP contribution is 2.34. The van der Waals surface area contributed by atoms with Crippen molar-refractivity contribution >= 4 is 29.3 Å². The molecule has 33 heavy (non-hydrogen) atoms. The van der Waals surface area contributed by atoms with Crippen LogP contribution in [0.4, 0.5) is 11.4 Å². The average molecular weight is 450 g/mol. The highest BCUT2D eigenvalue weighted by molar-refractivity contribution is 6.03. The minimum Gasteiger partial charge on any atom is -0.481 e. The van der Waals surface area contributed by atoms with E-state index >= 15 is 0 Å². The number of rotatable bonds is 7. The fourth-order valence-corrected chi connectivity index (χ4v) is 3.94. The molecule has 1 N–H and O–H groups in total. The van der Waals surface area contributed by atoms with Crippen molar-refractivity contribution in [1.29, 1.82) is 0 Å². The first-order valence-electron chi connectivity index (χ1n) is 11.5. The zero-order valence-corrected chi connectivity index (χ0v) is 19.3. The third-order valence-electron chi connectivity index (χ3n) is 5.94. The molecule has 0 radical (unpaired) electrons. The number of nitrogens with zero attached hydrogens (tertiary/aromatic N) is 2. The number of morpholine rings is 1. The number of anilines is 2. The highest BCUT2D eigenvalue weighted by atomic mass is 16.5. The van der Waals surface area contributed by atoms with Crippen molar-refractivity contribution in [3.8, 4) is 5.75 Å². The van der Waals surface area contributed by atoms with Crippen molar-refractivity contribution in [3.05, 3.63) is 59.7 Å². The number of carbonyl (C=O) groups is 2. The minimum absolute atomic E-state index is 0.000212. The van der Waals surface area contributed by atoms with Gasteiger partial charge in [0.15, 0.2) is 6.61 Å². The molecule has 1 saturated heterocycles. The van der Waals surface area contributed by atoms with Crippen LogP contribution in [0, 0.1) is 0 Å². The Balaban J connectivity index is 1.37. The van der Waals surface area contributed by atoms with Gasteiger partial charge >= 0.3 is 0 Å². The zero-order valence-electron chi connectivity index (χ0n) is 19.3. The molecule has 1 fully saturated rings. The van der Waals surface area contributed by atoms with E-state index in [0.29, 0.717) is 23.9 Å². The fourth-order valence-electron chi connectivity index (χ4n) is 3.94. The van der Waals surface area contributed by atoms with E-state index in [1.165, 1.54) is 11.6 Å². The van der Waals surface area contributed by atoms with Gasteiger partial charge in [-0.05, 0) is 35.3 Å². The van der Waals surface area contributed by atoms with E-state index < -0.39 is 0 Å². The Morgan fingerprint density at radius 1 is 1.09 bits per heavy atom. The van der Waals surface area contributed by atoms with E-state index in [1.54, 1.807) is 23.1 Å². The van der Waals surface area contributed by atoms with E-state index in [-0.39, 0.29) is 18.4 Å². The molecule has 2 aromatic rings. The highest BCUT2D eigenvalue weighted by Gasteiger charge is 2.26. The Hall–Kier alpha value is -3.16. The molecule has 0 atom stereocenters. The van der Waals surface area contributed by atoms with Crippen molar-refractivity contribution in [2.75, 3.05) is 56.2 Å². The van der Waals surface area contributed by atoms with Crippen LogP contribution in [-0.4, -0.2) is 62.7 Å². The summed E-state index contributed by atoms with van der Waals surface area (Å²) >= 11 is 0. The van der Waals surface area contributed by atoms with Gasteiger partial charge in [0, 0.05) is 44.0 Å². The molecule has 0 spiro atoms. The normalized spacial score (nSPS) is 16.7. The third-order valence-corrected chi connectivity index (χ3v) is 5.94. The average Bonchev–Trinajstić information content (AvgIpc) is 2.83. The second kappa shape index (κ2) is 10.6. The van der Waals surface area contributed by atoms with E-state index in [0.717, 1.165) is 44.1 Å². The zero-order chi connectivity index (χ0) is 23.2. The number of benzene rings is 2. The lowest BCUT2D eigenvalue weighted by molar-refractivity contribution is -0.121. The van der Waals surface area contributed by atoms with E-state index in [1.807, 2.05) is 18.2 Å². The van der Waals surface area contributed by atoms with Crippen molar-refractivity contribution < 1.29 is 19.1 Å². The predicted molar refractivity (Wildman–Crippen MR) is 130 cm³/mol. The van der Waals surface area contributed by atoms with Gasteiger partial charge in [-0.15, -0.1) is 0 Å². The van der Waals surface area contributed by atoms with Gasteiger partial charge in [0.2, 0.25) is 5.91 Å². The van der Waals surface area contributed by atoms with Gasteiger partial charge in [-0.2, -0.15) is 0 Å². The lowest BCUT2D eigenvalue weighted by Crippen LogP contribution is -2.45. The van der Waals surface area contributed by atoms with Crippen molar-refractivity contribution in [2.24, 2.45) is 0 Å². The molecule has 7 heteroatoms. The molecule has 0 unspecified atom stereocenters. The van der Waals surface area contributed by atoms with Crippen LogP contribution in [0.5, 0.6) is 5.75 Å². The van der Waals surface area contributed by atoms with Crippen molar-refractivity contribution in [2.45, 2.75) is 19.8 Å². The molecule has 2 aliphatic rings. The Kier molecular flexibility index (Phi) is 7.42. The summed E-state index contributed by atoms with van der Waals surface area (Å²) in [6.45, 7) is 8.91. The van der Waals surface area contributed by atoms with Gasteiger partial charge in [-0.25, -0.2) is 0 Å². The second-order valence-corrected chi connectivity index (χ2v) is 8.61. The topological polar surface area (TPSA) is 71.1 Å². The molecule has 2 amide bonds. The molecule has 4 rings (SSSR count). The van der Waals surface area contributed by atoms with Crippen LogP contribution in [-0.2, 0) is 14.3 Å². The first kappa shape index (κ1) is 23.0. The maximum absolute atomic E-state index is 12.4. The van der Waals surface area contributed by atoms with Crippen LogP contribution in [0.15, 0.2) is 48.5 Å². The van der Waals surface area contributed by atoms with E-state index in [9.17, 15) is 9.59 Å². The predicted octanol–water partition coefficient (Wildman–Crippen LogP) is 3.52. The second-order valence-electron chi connectivity index (χ2n) is 8.61. The summed E-state index contributed by atoms with van der Waals surface area (Å²) in [6, 6.07) is 13.6. The van der Waals surface area contributed by atoms with Crippen molar-refractivity contribution in [1.82, 2.24) is 4.90 Å². The Labute approximate surface area is 195 Å². The number of fused-ring (bicyclic) bond motifs is 1. The van der Waals surface area contributed by atoms with Crippen LogP contribution in [0.25, 0.3) is 6.08 Å². The van der Waals surface area contributed by atoms with Crippen LogP contribution in [0.2, 0.25) is 0 Å². The van der Waals surface area contributed by atoms with Crippen molar-refractivity contribution in [3.63, 3.8) is 0 Å². The maximum Gasteiger partial charge on any atom is 0.265 e. The summed E-state index contributed by atoms with van der Waals surface area (Å²) < 4.78 is 11.0. The quantitative estimate of drug-likeness (QED) is 0.655. The number of ether oxygens (including phenoxy) is 2. The maximum atomic E-state index is 12.4. The summed E-state index contributed by atoms with van der Waals surface area (Å²) in [5.41, 5.74) is 3.60. The number of hydrogen-bond acceptors (Lipinski definition) is 5. The molecule has 0 saturated carbocycles. The van der Waals surface area contributed by atoms with Crippen LogP contribution in [0.3, 0.4) is 0 Å². The minimum atomic E-state index is -0.223. The largest absolute Gasteiger partial charge is 0.481 e. The molecular weight excluding hydrogens is 418 g/mol. The van der Waals surface area contributed by atoms with E-state index in [4.69, 9.17) is 9.47 Å². The first-order valence-corrected chi connectivity index (χ1v) is 11.5. The summed E-state index contributed by atoms with van der Waals surface area (Å²) in [6.07, 6.45) is 3.31. The Morgan fingerprint density at radius 2 is 1.85 bits per heavy atom. The van der Waals surface area contributed by atoms with Crippen LogP contribution >= 0.6 is 0 Å². The lowest BCUT2D eigenvalue weighted by Gasteiger charge is -2.33. The molecule has 0 bridgehead atoms. The number of amides is 2. The Bertz CT molecular complexity index is 1010. The molecule has 174 valence electrons. The molecule has 0 aliphatic carbocycles. The van der Waals surface area contributed by atoms with Gasteiger partial charge in [0.1, 0.15) is 5.75 Å². The number of nitrogens with one attached hydrogen (secondary N) is 1. The van der Waals surface area contributed by atoms with Gasteiger partial charge < -0.3 is 19.7 Å². The number of hydrogen-bond donors (Lipinski definition) is 1. The summed E-state index contributed by atoms with van der Waals surface area (Å²) in [5, 5.41) is 2.87. The first-order chi connectivity index (χ1) is 16.0. The summed E-state index contributed by atoms with van der Waals surface area (Å²) in [5.74, 6) is 0.795. The van der Waals surface area contributed by atoms with Crippen LogP contribution < -0.4 is 15.0 Å². The fraction of sp³-hybridized carbons (Fsp3) is 0.385. The summed E-state index contributed by atoms with van der Waals surface area (Å²) in [4.78, 5) is 28.9. The monoisotopic (exact) mass is 449 g/mol. The van der Waals surface area contributed by atoms with Gasteiger partial charge in [-0.1, -0.05) is 38.1 Å². The standard InChI is InChI=1S/C26H31N3O4/c1-19(2)21-6-3-20(4-7-21)5-10-25(30)27-22-8-9-23-24(17-22)33-18-26(31)29(23)12-11-28-13-15-32-16-14-28/h3-10,17,19H,11-16,18H2,1-2H3,(H,27,30)/b10-5+. The molecule has 0 aromatic heterocycles. The smallest absolute Gasteiger partial charge is 0.265 e. The van der Waals surface area contributed by atoms with Gasteiger partial charge in [0.05, 0.1) is 18.9 Å². The molecular formula is C26H31N3O4. The molecule has 2 heterocycles. The third kappa shape index (κ3) is 6.00. The van der Waals surface area contributed by atoms with Gasteiger partial charge in [0.25, 0.3) is 5.91 Å². The molecule has 2 aliphatic heterocycles. The molecule has 2 aromatic carbocycles. The SMILES string of the molecule is CC(C)c1ccc(/C=C/C(=O)Nc2ccc3c(c2)OCC(=O)N3CCN2CCOCC2)cc1. The van der Waals surface area contributed by atoms with Crippen LogP contribution in [0.1, 0.15) is 30.9 Å². The summed E-state index contributed by atoms with van der Waals surface area (Å²) in [7, 11) is 0.